The van der Waals surface area contributed by atoms with Gasteiger partial charge >= 0.3 is 6.03 Å². The van der Waals surface area contributed by atoms with Crippen molar-refractivity contribution in [1.29, 1.82) is 0 Å². The summed E-state index contributed by atoms with van der Waals surface area (Å²) in [5, 5.41) is 5.62. The van der Waals surface area contributed by atoms with Crippen LogP contribution in [0.1, 0.15) is 29.5 Å². The van der Waals surface area contributed by atoms with E-state index >= 15 is 0 Å². The summed E-state index contributed by atoms with van der Waals surface area (Å²) in [5.74, 6) is -1.85. The number of benzene rings is 1. The first kappa shape index (κ1) is 18.2. The van der Waals surface area contributed by atoms with Crippen LogP contribution in [0, 0.1) is 0 Å². The van der Waals surface area contributed by atoms with Gasteiger partial charge in [-0.15, -0.1) is 0 Å². The molecule has 1 saturated heterocycles. The van der Waals surface area contributed by atoms with Crippen LogP contribution < -0.4 is 16.1 Å². The highest BCUT2D eigenvalue weighted by Crippen LogP contribution is 2.31. The highest BCUT2D eigenvalue weighted by molar-refractivity contribution is 6.08. The Hall–Kier alpha value is -3.62. The molecule has 27 heavy (non-hydrogen) atoms. The lowest BCUT2D eigenvalue weighted by Gasteiger charge is -2.25. The minimum Gasteiger partial charge on any atom is -0.459 e. The topological polar surface area (TPSA) is 121 Å². The van der Waals surface area contributed by atoms with Crippen molar-refractivity contribution in [1.82, 2.24) is 21.1 Å². The van der Waals surface area contributed by atoms with Crippen molar-refractivity contribution in [3.63, 3.8) is 0 Å². The molecule has 0 bridgehead atoms. The SMILES string of the molecule is CC[C@]1(c2ccccc2)NC(=O)N(NC(=O)CNC(=O)c2ccco2)C1=O. The molecule has 0 saturated carbocycles. The van der Waals surface area contributed by atoms with Gasteiger partial charge in [-0.2, -0.15) is 5.01 Å². The second-order valence-electron chi connectivity index (χ2n) is 5.89. The Morgan fingerprint density at radius 3 is 2.52 bits per heavy atom. The predicted octanol–water partition coefficient (Wildman–Crippen LogP) is 0.898. The summed E-state index contributed by atoms with van der Waals surface area (Å²) < 4.78 is 4.91. The number of rotatable bonds is 6. The largest absolute Gasteiger partial charge is 0.459 e. The predicted molar refractivity (Wildman–Crippen MR) is 93.0 cm³/mol. The Labute approximate surface area is 154 Å². The lowest BCUT2D eigenvalue weighted by Crippen LogP contribution is -2.51. The van der Waals surface area contributed by atoms with Gasteiger partial charge in [-0.3, -0.25) is 19.8 Å². The van der Waals surface area contributed by atoms with Crippen molar-refractivity contribution in [3.05, 3.63) is 60.1 Å². The normalized spacial score (nSPS) is 18.9. The van der Waals surface area contributed by atoms with Crippen LogP contribution in [0.5, 0.6) is 0 Å². The molecule has 2 aromatic rings. The van der Waals surface area contributed by atoms with Crippen molar-refractivity contribution >= 4 is 23.8 Å². The quantitative estimate of drug-likeness (QED) is 0.653. The number of hydrogen-bond acceptors (Lipinski definition) is 5. The van der Waals surface area contributed by atoms with Gasteiger partial charge in [0.2, 0.25) is 0 Å². The minimum absolute atomic E-state index is 0.0480. The molecule has 0 radical (unpaired) electrons. The first-order valence-electron chi connectivity index (χ1n) is 8.31. The lowest BCUT2D eigenvalue weighted by atomic mass is 9.87. The number of hydrazine groups is 1. The molecule has 0 aliphatic carbocycles. The summed E-state index contributed by atoms with van der Waals surface area (Å²) in [6.07, 6.45) is 1.64. The van der Waals surface area contributed by atoms with Crippen LogP contribution in [0.4, 0.5) is 4.79 Å². The summed E-state index contributed by atoms with van der Waals surface area (Å²) in [6, 6.07) is 11.0. The maximum atomic E-state index is 12.9. The molecule has 1 atom stereocenters. The molecule has 2 heterocycles. The van der Waals surface area contributed by atoms with E-state index in [1.54, 1.807) is 37.3 Å². The highest BCUT2D eigenvalue weighted by atomic mass is 16.3. The van der Waals surface area contributed by atoms with Crippen LogP contribution in [-0.4, -0.2) is 35.3 Å². The van der Waals surface area contributed by atoms with Crippen molar-refractivity contribution in [2.24, 2.45) is 0 Å². The molecule has 1 aliphatic heterocycles. The van der Waals surface area contributed by atoms with Gasteiger partial charge in [-0.1, -0.05) is 37.3 Å². The lowest BCUT2D eigenvalue weighted by molar-refractivity contribution is -0.139. The zero-order valence-electron chi connectivity index (χ0n) is 14.5. The molecular weight excluding hydrogens is 352 g/mol. The Bertz CT molecular complexity index is 865. The number of imide groups is 1. The molecule has 1 aliphatic rings. The maximum Gasteiger partial charge on any atom is 0.344 e. The second kappa shape index (κ2) is 7.32. The number of furan rings is 1. The minimum atomic E-state index is -1.25. The Morgan fingerprint density at radius 2 is 1.89 bits per heavy atom. The number of carbonyl (C=O) groups is 4. The van der Waals surface area contributed by atoms with E-state index in [9.17, 15) is 19.2 Å². The Kier molecular flexibility index (Phi) is 4.93. The van der Waals surface area contributed by atoms with E-state index in [0.717, 1.165) is 0 Å². The number of nitrogens with one attached hydrogen (secondary N) is 3. The Morgan fingerprint density at radius 1 is 1.15 bits per heavy atom. The van der Waals surface area contributed by atoms with Gasteiger partial charge in [-0.05, 0) is 24.1 Å². The molecule has 1 fully saturated rings. The van der Waals surface area contributed by atoms with Gasteiger partial charge in [0, 0.05) is 0 Å². The molecule has 5 amide bonds. The number of carbonyl (C=O) groups excluding carboxylic acids is 4. The monoisotopic (exact) mass is 370 g/mol. The smallest absolute Gasteiger partial charge is 0.344 e. The van der Waals surface area contributed by atoms with Crippen molar-refractivity contribution in [2.75, 3.05) is 6.54 Å². The van der Waals surface area contributed by atoms with Gasteiger partial charge in [0.15, 0.2) is 5.76 Å². The zero-order valence-corrected chi connectivity index (χ0v) is 14.5. The van der Waals surface area contributed by atoms with E-state index in [1.165, 1.54) is 18.4 Å². The fourth-order valence-electron chi connectivity index (χ4n) is 2.86. The van der Waals surface area contributed by atoms with E-state index in [0.29, 0.717) is 17.0 Å². The third kappa shape index (κ3) is 3.39. The molecule has 3 rings (SSSR count). The van der Waals surface area contributed by atoms with E-state index in [2.05, 4.69) is 16.1 Å². The molecule has 1 aromatic heterocycles. The summed E-state index contributed by atoms with van der Waals surface area (Å²) in [4.78, 5) is 49.0. The summed E-state index contributed by atoms with van der Waals surface area (Å²) in [7, 11) is 0. The fraction of sp³-hybridized carbons (Fsp3) is 0.222. The number of nitrogens with zero attached hydrogens (tertiary/aromatic N) is 1. The zero-order chi connectivity index (χ0) is 19.4. The third-order valence-electron chi connectivity index (χ3n) is 4.28. The number of urea groups is 1. The first-order chi connectivity index (χ1) is 13.0. The molecule has 9 nitrogen and oxygen atoms in total. The number of hydrogen-bond donors (Lipinski definition) is 3. The van der Waals surface area contributed by atoms with Crippen LogP contribution >= 0.6 is 0 Å². The van der Waals surface area contributed by atoms with Gasteiger partial charge in [0.05, 0.1) is 12.8 Å². The fourth-order valence-corrected chi connectivity index (χ4v) is 2.86. The van der Waals surface area contributed by atoms with Crippen molar-refractivity contribution in [2.45, 2.75) is 18.9 Å². The highest BCUT2D eigenvalue weighted by Gasteiger charge is 2.52. The molecule has 1 aromatic carbocycles. The summed E-state index contributed by atoms with van der Waals surface area (Å²) in [5.41, 5.74) is 1.60. The van der Waals surface area contributed by atoms with Gasteiger partial charge in [0.25, 0.3) is 17.7 Å². The summed E-state index contributed by atoms with van der Waals surface area (Å²) in [6.45, 7) is 1.33. The first-order valence-corrected chi connectivity index (χ1v) is 8.31. The standard InChI is InChI=1S/C18H18N4O5/c1-2-18(12-7-4-3-5-8-12)16(25)22(17(26)20-18)21-14(23)11-19-15(24)13-9-6-10-27-13/h3-10H,2,11H2,1H3,(H,19,24)(H,20,26)(H,21,23)/t18-/m1/s1. The average molecular weight is 370 g/mol. The van der Waals surface area contributed by atoms with Crippen LogP contribution in [0.15, 0.2) is 53.1 Å². The summed E-state index contributed by atoms with van der Waals surface area (Å²) >= 11 is 0. The average Bonchev–Trinajstić information content (AvgIpc) is 3.30. The third-order valence-corrected chi connectivity index (χ3v) is 4.28. The van der Waals surface area contributed by atoms with Crippen molar-refractivity contribution in [3.8, 4) is 0 Å². The van der Waals surface area contributed by atoms with Gasteiger partial charge in [0.1, 0.15) is 5.54 Å². The molecule has 0 unspecified atom stereocenters. The molecular formula is C18H18N4O5. The second-order valence-corrected chi connectivity index (χ2v) is 5.89. The van der Waals surface area contributed by atoms with E-state index < -0.39 is 35.8 Å². The Balaban J connectivity index is 1.66. The van der Waals surface area contributed by atoms with Crippen LogP contribution in [-0.2, 0) is 15.1 Å². The van der Waals surface area contributed by atoms with E-state index in [-0.39, 0.29) is 5.76 Å². The van der Waals surface area contributed by atoms with Crippen LogP contribution in [0.3, 0.4) is 0 Å². The van der Waals surface area contributed by atoms with Gasteiger partial charge < -0.3 is 15.1 Å². The van der Waals surface area contributed by atoms with E-state index in [4.69, 9.17) is 4.42 Å². The molecule has 3 N–H and O–H groups in total. The van der Waals surface area contributed by atoms with Gasteiger partial charge in [-0.25, -0.2) is 4.79 Å². The molecule has 0 spiro atoms. The maximum absolute atomic E-state index is 12.9. The van der Waals surface area contributed by atoms with Crippen molar-refractivity contribution < 1.29 is 23.6 Å². The molecule has 140 valence electrons. The van der Waals surface area contributed by atoms with Crippen LogP contribution in [0.2, 0.25) is 0 Å². The number of amides is 5. The van der Waals surface area contributed by atoms with Crippen LogP contribution in [0.25, 0.3) is 0 Å². The van der Waals surface area contributed by atoms with E-state index in [1.807, 2.05) is 0 Å². The molecule has 9 heteroatoms.